The van der Waals surface area contributed by atoms with Crippen LogP contribution in [0.1, 0.15) is 19.8 Å². The molecule has 5 N–H and O–H groups in total. The zero-order chi connectivity index (χ0) is 11.7. The van der Waals surface area contributed by atoms with E-state index in [1.54, 1.807) is 14.0 Å². The van der Waals surface area contributed by atoms with Crippen molar-refractivity contribution in [1.29, 1.82) is 0 Å². The molecule has 15 heavy (non-hydrogen) atoms. The number of aliphatic hydroxyl groups excluding tert-OH is 1. The molecule has 0 rings (SSSR count). The van der Waals surface area contributed by atoms with E-state index >= 15 is 0 Å². The second-order valence-electron chi connectivity index (χ2n) is 4.12. The molecule has 0 bridgehead atoms. The summed E-state index contributed by atoms with van der Waals surface area (Å²) in [5, 5.41) is 21.6. The maximum absolute atomic E-state index is 9.59. The first-order chi connectivity index (χ1) is 7.05. The lowest BCUT2D eigenvalue weighted by molar-refractivity contribution is -0.00169. The minimum Gasteiger partial charge on any atom is -0.393 e. The highest BCUT2D eigenvalue weighted by molar-refractivity contribution is 4.77. The molecule has 5 nitrogen and oxygen atoms in total. The van der Waals surface area contributed by atoms with Crippen molar-refractivity contribution in [3.8, 4) is 0 Å². The smallest absolute Gasteiger partial charge is 0.0972 e. The number of nitrogens with one attached hydrogen (secondary N) is 1. The monoisotopic (exact) mass is 220 g/mol. The van der Waals surface area contributed by atoms with Gasteiger partial charge in [0.15, 0.2) is 0 Å². The Morgan fingerprint density at radius 3 is 2.67 bits per heavy atom. The summed E-state index contributed by atoms with van der Waals surface area (Å²) in [5.41, 5.74) is 4.35. The fourth-order valence-corrected chi connectivity index (χ4v) is 1.23. The van der Waals surface area contributed by atoms with E-state index in [0.717, 1.165) is 12.8 Å². The third-order valence-electron chi connectivity index (χ3n) is 2.24. The molecule has 0 aromatic carbocycles. The number of nitrogens with two attached hydrogens (primary N) is 1. The van der Waals surface area contributed by atoms with Crippen LogP contribution in [0.2, 0.25) is 0 Å². The maximum atomic E-state index is 9.59. The Labute approximate surface area is 91.6 Å². The molecule has 0 fully saturated rings. The quantitative estimate of drug-likeness (QED) is 0.403. The van der Waals surface area contributed by atoms with Crippen LogP contribution in [0.3, 0.4) is 0 Å². The topological polar surface area (TPSA) is 87.7 Å². The molecule has 0 radical (unpaired) electrons. The largest absolute Gasteiger partial charge is 0.393 e. The lowest BCUT2D eigenvalue weighted by atomic mass is 10.1. The van der Waals surface area contributed by atoms with Crippen molar-refractivity contribution in [2.24, 2.45) is 5.73 Å². The van der Waals surface area contributed by atoms with E-state index < -0.39 is 5.60 Å². The predicted molar refractivity (Wildman–Crippen MR) is 59.7 cm³/mol. The normalized spacial score (nSPS) is 17.4. The van der Waals surface area contributed by atoms with Crippen LogP contribution < -0.4 is 11.1 Å². The summed E-state index contributed by atoms with van der Waals surface area (Å²) < 4.78 is 5.05. The van der Waals surface area contributed by atoms with E-state index in [1.807, 2.05) is 0 Å². The highest BCUT2D eigenvalue weighted by Crippen LogP contribution is 2.02. The van der Waals surface area contributed by atoms with Crippen molar-refractivity contribution < 1.29 is 14.9 Å². The highest BCUT2D eigenvalue weighted by atomic mass is 16.5. The highest BCUT2D eigenvalue weighted by Gasteiger charge is 2.20. The van der Waals surface area contributed by atoms with Crippen molar-refractivity contribution in [3.05, 3.63) is 0 Å². The van der Waals surface area contributed by atoms with Crippen molar-refractivity contribution >= 4 is 0 Å². The maximum Gasteiger partial charge on any atom is 0.0972 e. The number of hydrogen-bond acceptors (Lipinski definition) is 5. The molecule has 0 aliphatic carbocycles. The van der Waals surface area contributed by atoms with Gasteiger partial charge in [-0.3, -0.25) is 0 Å². The van der Waals surface area contributed by atoms with Gasteiger partial charge >= 0.3 is 0 Å². The van der Waals surface area contributed by atoms with Crippen LogP contribution >= 0.6 is 0 Å². The first-order valence-electron chi connectivity index (χ1n) is 5.31. The number of ether oxygens (including phenoxy) is 1. The fraction of sp³-hybridized carbons (Fsp3) is 1.00. The van der Waals surface area contributed by atoms with E-state index in [0.29, 0.717) is 19.7 Å². The van der Waals surface area contributed by atoms with Crippen LogP contribution in [-0.4, -0.2) is 55.3 Å². The number of aliphatic hydroxyl groups is 2. The molecule has 0 saturated heterocycles. The van der Waals surface area contributed by atoms with Crippen LogP contribution in [0.15, 0.2) is 0 Å². The van der Waals surface area contributed by atoms with Gasteiger partial charge in [0.05, 0.1) is 18.8 Å². The van der Waals surface area contributed by atoms with Crippen molar-refractivity contribution in [3.63, 3.8) is 0 Å². The van der Waals surface area contributed by atoms with Gasteiger partial charge < -0.3 is 26.0 Å². The van der Waals surface area contributed by atoms with Gasteiger partial charge in [-0.05, 0) is 26.3 Å². The molecule has 0 aromatic heterocycles. The van der Waals surface area contributed by atoms with Gasteiger partial charge in [0, 0.05) is 19.7 Å². The number of rotatable bonds is 9. The molecule has 0 aliphatic heterocycles. The zero-order valence-electron chi connectivity index (χ0n) is 9.70. The molecular weight excluding hydrogens is 196 g/mol. The summed E-state index contributed by atoms with van der Waals surface area (Å²) in [5.74, 6) is 0. The summed E-state index contributed by atoms with van der Waals surface area (Å²) in [6.45, 7) is 2.92. The van der Waals surface area contributed by atoms with E-state index in [9.17, 15) is 5.11 Å². The standard InChI is InChI=1S/C10H24N2O3/c1-10(14,8-13)7-12-9(6-15-2)4-3-5-11/h9,12-14H,3-8,11H2,1-2H3. The molecule has 0 spiro atoms. The van der Waals surface area contributed by atoms with Crippen LogP contribution in [0.4, 0.5) is 0 Å². The Morgan fingerprint density at radius 1 is 1.53 bits per heavy atom. The molecule has 92 valence electrons. The van der Waals surface area contributed by atoms with Crippen molar-refractivity contribution in [2.75, 3.05) is 33.4 Å². The molecule has 0 aliphatic rings. The third-order valence-corrected chi connectivity index (χ3v) is 2.24. The van der Waals surface area contributed by atoms with Crippen LogP contribution in [0, 0.1) is 0 Å². The van der Waals surface area contributed by atoms with Crippen molar-refractivity contribution in [2.45, 2.75) is 31.4 Å². The SMILES string of the molecule is COCC(CCCN)NCC(C)(O)CO. The summed E-state index contributed by atoms with van der Waals surface area (Å²) in [6.07, 6.45) is 1.83. The Bertz CT molecular complexity index is 154. The van der Waals surface area contributed by atoms with Crippen LogP contribution in [0.25, 0.3) is 0 Å². The Balaban J connectivity index is 3.83. The zero-order valence-corrected chi connectivity index (χ0v) is 9.70. The average Bonchev–Trinajstić information content (AvgIpc) is 2.22. The number of methoxy groups -OCH3 is 1. The van der Waals surface area contributed by atoms with Gasteiger partial charge in [0.1, 0.15) is 0 Å². The fourth-order valence-electron chi connectivity index (χ4n) is 1.23. The molecule has 0 heterocycles. The second-order valence-corrected chi connectivity index (χ2v) is 4.12. The first kappa shape index (κ1) is 14.8. The van der Waals surface area contributed by atoms with Gasteiger partial charge in [-0.15, -0.1) is 0 Å². The molecule has 2 unspecified atom stereocenters. The first-order valence-corrected chi connectivity index (χ1v) is 5.31. The average molecular weight is 220 g/mol. The third kappa shape index (κ3) is 7.70. The van der Waals surface area contributed by atoms with Gasteiger partial charge in [0.25, 0.3) is 0 Å². The van der Waals surface area contributed by atoms with Gasteiger partial charge in [-0.2, -0.15) is 0 Å². The molecule has 0 saturated carbocycles. The predicted octanol–water partition coefficient (Wildman–Crippen LogP) is -0.927. The lowest BCUT2D eigenvalue weighted by Crippen LogP contribution is -2.46. The van der Waals surface area contributed by atoms with Crippen LogP contribution in [-0.2, 0) is 4.74 Å². The summed E-state index contributed by atoms with van der Waals surface area (Å²) >= 11 is 0. The van der Waals surface area contributed by atoms with E-state index in [4.69, 9.17) is 15.6 Å². The Kier molecular flexibility index (Phi) is 7.90. The minimum absolute atomic E-state index is 0.177. The summed E-state index contributed by atoms with van der Waals surface area (Å²) in [4.78, 5) is 0. The van der Waals surface area contributed by atoms with E-state index in [-0.39, 0.29) is 12.6 Å². The minimum atomic E-state index is -1.07. The molecule has 2 atom stereocenters. The molecular formula is C10H24N2O3. The van der Waals surface area contributed by atoms with Gasteiger partial charge in [-0.25, -0.2) is 0 Å². The lowest BCUT2D eigenvalue weighted by Gasteiger charge is -2.25. The molecule has 0 aromatic rings. The van der Waals surface area contributed by atoms with Crippen LogP contribution in [0.5, 0.6) is 0 Å². The second kappa shape index (κ2) is 8.01. The van der Waals surface area contributed by atoms with Gasteiger partial charge in [-0.1, -0.05) is 0 Å². The summed E-state index contributed by atoms with van der Waals surface area (Å²) in [6, 6.07) is 0.177. The van der Waals surface area contributed by atoms with Crippen molar-refractivity contribution in [1.82, 2.24) is 5.32 Å². The molecule has 0 amide bonds. The number of hydrogen-bond donors (Lipinski definition) is 4. The van der Waals surface area contributed by atoms with E-state index in [2.05, 4.69) is 5.32 Å². The Morgan fingerprint density at radius 2 is 2.20 bits per heavy atom. The summed E-state index contributed by atoms with van der Waals surface area (Å²) in [7, 11) is 1.64. The van der Waals surface area contributed by atoms with Gasteiger partial charge in [0.2, 0.25) is 0 Å². The van der Waals surface area contributed by atoms with E-state index in [1.165, 1.54) is 0 Å². The molecule has 5 heteroatoms. The Hall–Kier alpha value is -0.200.